The molecule has 0 bridgehead atoms. The Morgan fingerprint density at radius 1 is 0.875 bits per heavy atom. The van der Waals surface area contributed by atoms with E-state index in [0.717, 1.165) is 11.1 Å². The predicted octanol–water partition coefficient (Wildman–Crippen LogP) is 3.00. The summed E-state index contributed by atoms with van der Waals surface area (Å²) >= 11 is 0. The minimum atomic E-state index is -0.573. The highest BCUT2D eigenvalue weighted by atomic mass is 15.2. The second-order valence-electron chi connectivity index (χ2n) is 5.22. The van der Waals surface area contributed by atoms with Crippen molar-refractivity contribution in [2.45, 2.75) is 26.3 Å². The quantitative estimate of drug-likeness (QED) is 0.653. The average molecular weight is 322 g/mol. The highest BCUT2D eigenvalue weighted by Crippen LogP contribution is 2.24. The summed E-state index contributed by atoms with van der Waals surface area (Å²) in [6.45, 7) is 4.00. The van der Waals surface area contributed by atoms with E-state index in [1.165, 1.54) is 11.1 Å². The van der Waals surface area contributed by atoms with Gasteiger partial charge < -0.3 is 16.8 Å². The molecule has 126 valence electrons. The Hall–Kier alpha value is -2.40. The first-order valence-corrected chi connectivity index (χ1v) is 8.30. The molecule has 0 radical (unpaired) electrons. The van der Waals surface area contributed by atoms with Gasteiger partial charge in [-0.2, -0.15) is 0 Å². The molecule has 0 aromatic heterocycles. The van der Waals surface area contributed by atoms with Gasteiger partial charge >= 0.3 is 0 Å². The molecule has 2 aromatic carbocycles. The van der Waals surface area contributed by atoms with Crippen LogP contribution in [0.4, 0.5) is 0 Å². The smallest absolute Gasteiger partial charge is 0.108 e. The molecule has 1 unspecified atom stereocenters. The number of allylic oxidation sites excluding steroid dienone is 2. The van der Waals surface area contributed by atoms with Crippen molar-refractivity contribution in [3.63, 3.8) is 0 Å². The molecule has 1 atom stereocenters. The van der Waals surface area contributed by atoms with Gasteiger partial charge in [-0.25, -0.2) is 0 Å². The van der Waals surface area contributed by atoms with E-state index in [0.29, 0.717) is 0 Å². The Labute approximate surface area is 144 Å². The van der Waals surface area contributed by atoms with Crippen LogP contribution in [0.15, 0.2) is 72.9 Å². The molecule has 1 aliphatic rings. The van der Waals surface area contributed by atoms with Crippen molar-refractivity contribution in [1.29, 1.82) is 0 Å². The summed E-state index contributed by atoms with van der Waals surface area (Å²) in [5.41, 5.74) is 15.9. The van der Waals surface area contributed by atoms with Crippen molar-refractivity contribution in [3.8, 4) is 11.1 Å². The molecule has 1 heterocycles. The summed E-state index contributed by atoms with van der Waals surface area (Å²) < 4.78 is 0. The first-order chi connectivity index (χ1) is 11.7. The fourth-order valence-electron chi connectivity index (χ4n) is 2.57. The van der Waals surface area contributed by atoms with Crippen LogP contribution >= 0.6 is 0 Å². The van der Waals surface area contributed by atoms with Crippen molar-refractivity contribution in [2.75, 3.05) is 0 Å². The maximum absolute atomic E-state index is 5.64. The van der Waals surface area contributed by atoms with E-state index < -0.39 is 6.29 Å². The zero-order valence-corrected chi connectivity index (χ0v) is 14.2. The number of dihydropyridines is 1. The zero-order valence-electron chi connectivity index (χ0n) is 14.2. The third kappa shape index (κ3) is 4.55. The second-order valence-corrected chi connectivity index (χ2v) is 5.22. The molecular formula is C20H26N4. The van der Waals surface area contributed by atoms with Crippen molar-refractivity contribution in [3.05, 3.63) is 78.5 Å². The van der Waals surface area contributed by atoms with Crippen LogP contribution in [0.5, 0.6) is 0 Å². The van der Waals surface area contributed by atoms with Gasteiger partial charge in [0.15, 0.2) is 0 Å². The highest BCUT2D eigenvalue weighted by Gasteiger charge is 2.17. The van der Waals surface area contributed by atoms with Gasteiger partial charge in [-0.1, -0.05) is 74.5 Å². The minimum Gasteiger partial charge on any atom is -0.372 e. The van der Waals surface area contributed by atoms with Crippen LogP contribution in [-0.2, 0) is 0 Å². The Morgan fingerprint density at radius 2 is 1.46 bits per heavy atom. The van der Waals surface area contributed by atoms with Crippen molar-refractivity contribution in [2.24, 2.45) is 11.5 Å². The lowest BCUT2D eigenvalue weighted by molar-refractivity contribution is 0.471. The van der Waals surface area contributed by atoms with Crippen LogP contribution in [0.1, 0.15) is 19.4 Å². The summed E-state index contributed by atoms with van der Waals surface area (Å²) in [6.07, 6.45) is 5.25. The van der Waals surface area contributed by atoms with Crippen LogP contribution in [0.2, 0.25) is 0 Å². The average Bonchev–Trinajstić information content (AvgIpc) is 2.64. The van der Waals surface area contributed by atoms with E-state index in [1.54, 1.807) is 0 Å². The number of benzene rings is 2. The Kier molecular flexibility index (Phi) is 6.75. The van der Waals surface area contributed by atoms with Crippen LogP contribution in [0.3, 0.4) is 0 Å². The van der Waals surface area contributed by atoms with Gasteiger partial charge in [0.1, 0.15) is 12.5 Å². The third-order valence-corrected chi connectivity index (χ3v) is 3.63. The molecule has 0 spiro atoms. The van der Waals surface area contributed by atoms with Gasteiger partial charge in [-0.05, 0) is 34.5 Å². The number of hydrogen-bond acceptors (Lipinski definition) is 4. The summed E-state index contributed by atoms with van der Waals surface area (Å²) in [4.78, 5) is 0. The van der Waals surface area contributed by atoms with E-state index in [2.05, 4.69) is 53.1 Å². The Bertz CT molecular complexity index is 673. The number of rotatable bonds is 4. The maximum Gasteiger partial charge on any atom is 0.108 e. The molecule has 1 aliphatic heterocycles. The number of hydrogen-bond donors (Lipinski definition) is 4. The number of nitrogens with two attached hydrogens (primary N) is 2. The third-order valence-electron chi connectivity index (χ3n) is 3.63. The highest BCUT2D eigenvalue weighted by molar-refractivity contribution is 5.74. The fraction of sp³-hybridized carbons (Fsp3) is 0.200. The van der Waals surface area contributed by atoms with E-state index in [9.17, 15) is 0 Å². The van der Waals surface area contributed by atoms with Crippen LogP contribution in [0, 0.1) is 0 Å². The summed E-state index contributed by atoms with van der Waals surface area (Å²) in [5, 5.41) is 6.33. The van der Waals surface area contributed by atoms with Crippen LogP contribution in [-0.4, -0.2) is 12.5 Å². The maximum atomic E-state index is 5.64. The normalized spacial score (nSPS) is 16.0. The number of nitrogens with one attached hydrogen (secondary N) is 2. The molecule has 0 saturated carbocycles. The first kappa shape index (κ1) is 17.9. The van der Waals surface area contributed by atoms with Crippen LogP contribution < -0.4 is 22.1 Å². The first-order valence-electron chi connectivity index (χ1n) is 8.30. The lowest BCUT2D eigenvalue weighted by Crippen LogP contribution is -2.55. The van der Waals surface area contributed by atoms with Gasteiger partial charge in [0, 0.05) is 0 Å². The van der Waals surface area contributed by atoms with Gasteiger partial charge in [-0.3, -0.25) is 5.32 Å². The molecule has 0 aliphatic carbocycles. The molecule has 24 heavy (non-hydrogen) atoms. The summed E-state index contributed by atoms with van der Waals surface area (Å²) in [7, 11) is 0. The summed E-state index contributed by atoms with van der Waals surface area (Å²) in [6, 6.07) is 18.8. The molecule has 0 saturated heterocycles. The van der Waals surface area contributed by atoms with Gasteiger partial charge in [-0.15, -0.1) is 0 Å². The molecule has 6 N–H and O–H groups in total. The SMILES string of the molecule is CC.NC(N)NC1NC=CC=C1c1ccc(-c2ccccc2)cc1. The van der Waals surface area contributed by atoms with Crippen molar-refractivity contribution >= 4 is 5.57 Å². The second kappa shape index (κ2) is 9.03. The molecule has 3 rings (SSSR count). The molecule has 4 nitrogen and oxygen atoms in total. The topological polar surface area (TPSA) is 76.1 Å². The Balaban J connectivity index is 0.00000100. The molecule has 0 fully saturated rings. The minimum absolute atomic E-state index is 0.0902. The Morgan fingerprint density at radius 3 is 2.08 bits per heavy atom. The zero-order chi connectivity index (χ0) is 17.4. The fourth-order valence-corrected chi connectivity index (χ4v) is 2.57. The predicted molar refractivity (Wildman–Crippen MR) is 103 cm³/mol. The lowest BCUT2D eigenvalue weighted by Gasteiger charge is -2.26. The van der Waals surface area contributed by atoms with Gasteiger partial charge in [0.25, 0.3) is 0 Å². The molecule has 2 aromatic rings. The van der Waals surface area contributed by atoms with E-state index in [-0.39, 0.29) is 6.17 Å². The van der Waals surface area contributed by atoms with Gasteiger partial charge in [0.2, 0.25) is 0 Å². The van der Waals surface area contributed by atoms with Crippen LogP contribution in [0.25, 0.3) is 16.7 Å². The molecular weight excluding hydrogens is 296 g/mol. The van der Waals surface area contributed by atoms with E-state index in [1.807, 2.05) is 44.3 Å². The largest absolute Gasteiger partial charge is 0.372 e. The van der Waals surface area contributed by atoms with Crippen molar-refractivity contribution in [1.82, 2.24) is 10.6 Å². The van der Waals surface area contributed by atoms with Gasteiger partial charge in [0.05, 0.1) is 0 Å². The van der Waals surface area contributed by atoms with Crippen molar-refractivity contribution < 1.29 is 0 Å². The molecule has 4 heteroatoms. The summed E-state index contributed by atoms with van der Waals surface area (Å²) in [5.74, 6) is 0. The monoisotopic (exact) mass is 322 g/mol. The van der Waals surface area contributed by atoms with E-state index in [4.69, 9.17) is 11.5 Å². The molecule has 0 amide bonds. The standard InChI is InChI=1S/C18H20N4.C2H6/c19-18(20)22-17-16(7-4-12-21-17)15-10-8-14(9-11-15)13-5-2-1-3-6-13;1-2/h1-12,17-18,21-22H,19-20H2;1-2H3. The van der Waals surface area contributed by atoms with E-state index >= 15 is 0 Å². The lowest BCUT2D eigenvalue weighted by atomic mass is 9.97.